The summed E-state index contributed by atoms with van der Waals surface area (Å²) in [7, 11) is 0. The number of ether oxygens (including phenoxy) is 1. The van der Waals surface area contributed by atoms with Crippen LogP contribution in [0.15, 0.2) is 24.3 Å². The normalized spacial score (nSPS) is 27.7. The second-order valence-electron chi connectivity index (χ2n) is 6.59. The van der Waals surface area contributed by atoms with Crippen molar-refractivity contribution in [2.75, 3.05) is 19.7 Å². The lowest BCUT2D eigenvalue weighted by Crippen LogP contribution is -2.46. The van der Waals surface area contributed by atoms with Crippen LogP contribution in [0.3, 0.4) is 0 Å². The molecule has 3 unspecified atom stereocenters. The molecule has 1 aromatic rings. The van der Waals surface area contributed by atoms with Gasteiger partial charge in [0.15, 0.2) is 0 Å². The van der Waals surface area contributed by atoms with E-state index in [0.717, 1.165) is 18.4 Å². The number of amides is 1. The monoisotopic (exact) mass is 351 g/mol. The van der Waals surface area contributed by atoms with E-state index < -0.39 is 5.97 Å². The van der Waals surface area contributed by atoms with Crippen molar-refractivity contribution in [3.8, 4) is 0 Å². The first kappa shape index (κ1) is 17.2. The Morgan fingerprint density at radius 2 is 1.88 bits per heavy atom. The number of hydrogen-bond acceptors (Lipinski definition) is 3. The summed E-state index contributed by atoms with van der Waals surface area (Å²) < 4.78 is 5.80. The van der Waals surface area contributed by atoms with E-state index in [1.165, 1.54) is 0 Å². The lowest BCUT2D eigenvalue weighted by molar-refractivity contribution is -0.148. The number of hydrogen-bond donors (Lipinski definition) is 1. The summed E-state index contributed by atoms with van der Waals surface area (Å²) >= 11 is 5.92. The quantitative estimate of drug-likeness (QED) is 0.908. The summed E-state index contributed by atoms with van der Waals surface area (Å²) in [4.78, 5) is 25.8. The van der Waals surface area contributed by atoms with E-state index in [-0.39, 0.29) is 23.8 Å². The molecule has 1 saturated heterocycles. The molecule has 6 heteroatoms. The van der Waals surface area contributed by atoms with Gasteiger partial charge in [0.25, 0.3) is 0 Å². The van der Waals surface area contributed by atoms with Crippen LogP contribution in [-0.4, -0.2) is 41.6 Å². The predicted molar refractivity (Wildman–Crippen MR) is 89.8 cm³/mol. The molecule has 24 heavy (non-hydrogen) atoms. The SMILES string of the molecule is O=C(O)C1CCCC(C(=O)N2CCOC(c3ccc(Cl)cc3)C2)C1. The van der Waals surface area contributed by atoms with Crippen molar-refractivity contribution in [2.24, 2.45) is 11.8 Å². The van der Waals surface area contributed by atoms with Crippen LogP contribution in [0.1, 0.15) is 37.4 Å². The number of carboxylic acids is 1. The van der Waals surface area contributed by atoms with Gasteiger partial charge in [0.1, 0.15) is 6.10 Å². The highest BCUT2D eigenvalue weighted by atomic mass is 35.5. The zero-order chi connectivity index (χ0) is 17.1. The Balaban J connectivity index is 1.64. The van der Waals surface area contributed by atoms with Crippen molar-refractivity contribution in [2.45, 2.75) is 31.8 Å². The summed E-state index contributed by atoms with van der Waals surface area (Å²) in [6.45, 7) is 1.57. The molecule has 3 rings (SSSR count). The molecule has 2 fully saturated rings. The number of carbonyl (C=O) groups is 2. The van der Waals surface area contributed by atoms with E-state index in [0.29, 0.717) is 37.6 Å². The minimum absolute atomic E-state index is 0.0724. The molecule has 1 amide bonds. The number of nitrogens with zero attached hydrogens (tertiary/aromatic N) is 1. The molecule has 130 valence electrons. The highest BCUT2D eigenvalue weighted by Gasteiger charge is 2.35. The molecular weight excluding hydrogens is 330 g/mol. The van der Waals surface area contributed by atoms with Crippen molar-refractivity contribution in [3.05, 3.63) is 34.9 Å². The van der Waals surface area contributed by atoms with Crippen LogP contribution < -0.4 is 0 Å². The third-order valence-electron chi connectivity index (χ3n) is 4.99. The number of halogens is 1. The van der Waals surface area contributed by atoms with Gasteiger partial charge in [-0.3, -0.25) is 9.59 Å². The molecule has 1 aromatic carbocycles. The maximum Gasteiger partial charge on any atom is 0.306 e. The summed E-state index contributed by atoms with van der Waals surface area (Å²) in [6, 6.07) is 7.48. The third kappa shape index (κ3) is 3.90. The van der Waals surface area contributed by atoms with Gasteiger partial charge in [0.05, 0.1) is 19.1 Å². The van der Waals surface area contributed by atoms with E-state index >= 15 is 0 Å². The summed E-state index contributed by atoms with van der Waals surface area (Å²) in [5.41, 5.74) is 1.00. The molecule has 1 aliphatic carbocycles. The Hall–Kier alpha value is -1.59. The first-order valence-electron chi connectivity index (χ1n) is 8.43. The van der Waals surface area contributed by atoms with Gasteiger partial charge in [-0.2, -0.15) is 0 Å². The fourth-order valence-corrected chi connectivity index (χ4v) is 3.75. The molecule has 3 atom stereocenters. The second kappa shape index (κ2) is 7.53. The van der Waals surface area contributed by atoms with Crippen molar-refractivity contribution in [1.29, 1.82) is 0 Å². The van der Waals surface area contributed by atoms with Crippen LogP contribution in [0, 0.1) is 11.8 Å². The molecule has 0 aromatic heterocycles. The maximum atomic E-state index is 12.8. The van der Waals surface area contributed by atoms with Gasteiger partial charge in [0.2, 0.25) is 5.91 Å². The summed E-state index contributed by atoms with van der Waals surface area (Å²) in [5.74, 6) is -1.28. The van der Waals surface area contributed by atoms with Gasteiger partial charge >= 0.3 is 5.97 Å². The van der Waals surface area contributed by atoms with Crippen LogP contribution >= 0.6 is 11.6 Å². The number of aliphatic carboxylic acids is 1. The fourth-order valence-electron chi connectivity index (χ4n) is 3.63. The average Bonchev–Trinajstić information content (AvgIpc) is 2.62. The van der Waals surface area contributed by atoms with Crippen molar-refractivity contribution >= 4 is 23.5 Å². The predicted octanol–water partition coefficient (Wildman–Crippen LogP) is 3.13. The van der Waals surface area contributed by atoms with Gasteiger partial charge in [-0.05, 0) is 37.0 Å². The minimum atomic E-state index is -0.784. The molecule has 2 aliphatic rings. The highest BCUT2D eigenvalue weighted by Crippen LogP contribution is 2.32. The number of rotatable bonds is 3. The van der Waals surface area contributed by atoms with Crippen LogP contribution in [0.25, 0.3) is 0 Å². The van der Waals surface area contributed by atoms with E-state index in [9.17, 15) is 14.7 Å². The zero-order valence-electron chi connectivity index (χ0n) is 13.5. The Kier molecular flexibility index (Phi) is 5.41. The Bertz CT molecular complexity index is 604. The lowest BCUT2D eigenvalue weighted by atomic mass is 9.80. The van der Waals surface area contributed by atoms with Crippen molar-refractivity contribution in [1.82, 2.24) is 4.90 Å². The van der Waals surface area contributed by atoms with E-state index in [1.807, 2.05) is 29.2 Å². The van der Waals surface area contributed by atoms with Gasteiger partial charge in [-0.25, -0.2) is 0 Å². The fraction of sp³-hybridized carbons (Fsp3) is 0.556. The number of carboxylic acid groups (broad SMARTS) is 1. The Morgan fingerprint density at radius 3 is 2.58 bits per heavy atom. The largest absolute Gasteiger partial charge is 0.481 e. The van der Waals surface area contributed by atoms with Crippen LogP contribution in [0.4, 0.5) is 0 Å². The molecule has 1 heterocycles. The Labute approximate surface area is 146 Å². The topological polar surface area (TPSA) is 66.8 Å². The highest BCUT2D eigenvalue weighted by molar-refractivity contribution is 6.30. The van der Waals surface area contributed by atoms with Gasteiger partial charge in [0, 0.05) is 17.5 Å². The van der Waals surface area contributed by atoms with Crippen molar-refractivity contribution < 1.29 is 19.4 Å². The number of morpholine rings is 1. The summed E-state index contributed by atoms with van der Waals surface area (Å²) in [6.07, 6.45) is 2.57. The minimum Gasteiger partial charge on any atom is -0.481 e. The van der Waals surface area contributed by atoms with Crippen LogP contribution in [0.5, 0.6) is 0 Å². The van der Waals surface area contributed by atoms with Gasteiger partial charge < -0.3 is 14.7 Å². The average molecular weight is 352 g/mol. The van der Waals surface area contributed by atoms with E-state index in [4.69, 9.17) is 16.3 Å². The third-order valence-corrected chi connectivity index (χ3v) is 5.24. The first-order chi connectivity index (χ1) is 11.5. The lowest BCUT2D eigenvalue weighted by Gasteiger charge is -2.37. The van der Waals surface area contributed by atoms with E-state index in [2.05, 4.69) is 0 Å². The molecule has 5 nitrogen and oxygen atoms in total. The van der Waals surface area contributed by atoms with Crippen LogP contribution in [-0.2, 0) is 14.3 Å². The smallest absolute Gasteiger partial charge is 0.306 e. The van der Waals surface area contributed by atoms with E-state index in [1.54, 1.807) is 0 Å². The first-order valence-corrected chi connectivity index (χ1v) is 8.81. The molecule has 0 radical (unpaired) electrons. The Morgan fingerprint density at radius 1 is 1.17 bits per heavy atom. The molecule has 0 bridgehead atoms. The number of carbonyl (C=O) groups excluding carboxylic acids is 1. The maximum absolute atomic E-state index is 12.8. The summed E-state index contributed by atoms with van der Waals surface area (Å²) in [5, 5.41) is 9.88. The van der Waals surface area contributed by atoms with Crippen molar-refractivity contribution in [3.63, 3.8) is 0 Å². The molecule has 0 spiro atoms. The standard InChI is InChI=1S/C18H22ClNO4/c19-15-6-4-12(5-7-15)16-11-20(8-9-24-16)17(21)13-2-1-3-14(10-13)18(22)23/h4-7,13-14,16H,1-3,8-11H2,(H,22,23). The molecule has 1 saturated carbocycles. The second-order valence-corrected chi connectivity index (χ2v) is 7.03. The van der Waals surface area contributed by atoms with Gasteiger partial charge in [-0.1, -0.05) is 30.2 Å². The van der Waals surface area contributed by atoms with Gasteiger partial charge in [-0.15, -0.1) is 0 Å². The molecule has 1 aliphatic heterocycles. The zero-order valence-corrected chi connectivity index (χ0v) is 14.2. The molecule has 1 N–H and O–H groups in total. The van der Waals surface area contributed by atoms with Crippen LogP contribution in [0.2, 0.25) is 5.02 Å². The number of benzene rings is 1. The molecular formula is C18H22ClNO4.